The number of anilines is 3. The van der Waals surface area contributed by atoms with Crippen LogP contribution in [0.5, 0.6) is 5.75 Å². The number of phenols is 1. The van der Waals surface area contributed by atoms with Crippen LogP contribution >= 0.6 is 31.9 Å². The zero-order valence-electron chi connectivity index (χ0n) is 13.1. The number of nitrogens with one attached hydrogen (secondary N) is 1. The largest absolute Gasteiger partial charge is 0.506 e. The van der Waals surface area contributed by atoms with Crippen LogP contribution in [0.4, 0.5) is 17.3 Å². The van der Waals surface area contributed by atoms with Gasteiger partial charge in [0.05, 0.1) is 11.4 Å². The summed E-state index contributed by atoms with van der Waals surface area (Å²) < 4.78 is 3.36. The van der Waals surface area contributed by atoms with Crippen LogP contribution in [0, 0.1) is 0 Å². The maximum Gasteiger partial charge on any atom is 0.274 e. The number of tetrazole rings is 1. The summed E-state index contributed by atoms with van der Waals surface area (Å²) in [6.45, 7) is 0. The van der Waals surface area contributed by atoms with E-state index in [1.807, 2.05) is 42.5 Å². The summed E-state index contributed by atoms with van der Waals surface area (Å²) in [4.78, 5) is 0. The minimum Gasteiger partial charge on any atom is -0.506 e. The predicted octanol–water partition coefficient (Wildman–Crippen LogP) is 4.52. The fraction of sp³-hybridized carbons (Fsp3) is 0. The van der Waals surface area contributed by atoms with Crippen molar-refractivity contribution in [1.29, 1.82) is 0 Å². The topological polar surface area (TPSA) is 79.1 Å². The maximum absolute atomic E-state index is 10.6. The van der Waals surface area contributed by atoms with E-state index in [9.17, 15) is 5.11 Å². The number of hydrazine groups is 1. The highest BCUT2D eigenvalue weighted by Gasteiger charge is 2.30. The van der Waals surface area contributed by atoms with Gasteiger partial charge < -0.3 is 5.11 Å². The molecule has 0 spiro atoms. The van der Waals surface area contributed by atoms with Gasteiger partial charge in [0.2, 0.25) is 0 Å². The van der Waals surface area contributed by atoms with E-state index in [4.69, 9.17) is 0 Å². The molecule has 9 heteroatoms. The summed E-state index contributed by atoms with van der Waals surface area (Å²) in [7, 11) is 0. The molecule has 0 aliphatic carbocycles. The van der Waals surface area contributed by atoms with Crippen LogP contribution in [0.1, 0.15) is 0 Å². The zero-order chi connectivity index (χ0) is 17.8. The number of nitrogens with zero attached hydrogens (tertiary/aromatic N) is 5. The lowest BCUT2D eigenvalue weighted by atomic mass is 10.1. The Hall–Kier alpha value is -2.65. The molecule has 5 rings (SSSR count). The molecular formula is C17H10Br2N6O. The van der Waals surface area contributed by atoms with Gasteiger partial charge >= 0.3 is 0 Å². The first kappa shape index (κ1) is 15.6. The number of hydrogen-bond donors (Lipinski definition) is 2. The minimum atomic E-state index is 0.127. The van der Waals surface area contributed by atoms with E-state index in [-0.39, 0.29) is 5.75 Å². The van der Waals surface area contributed by atoms with Gasteiger partial charge in [-0.25, -0.2) is 5.01 Å². The van der Waals surface area contributed by atoms with Crippen LogP contribution in [0.15, 0.2) is 57.5 Å². The van der Waals surface area contributed by atoms with Crippen LogP contribution in [0.2, 0.25) is 0 Å². The molecule has 0 bridgehead atoms. The summed E-state index contributed by atoms with van der Waals surface area (Å²) in [5, 5.41) is 26.3. The third-order valence-corrected chi connectivity index (χ3v) is 5.33. The van der Waals surface area contributed by atoms with Crippen molar-refractivity contribution in [2.24, 2.45) is 0 Å². The molecule has 2 N–H and O–H groups in total. The maximum atomic E-state index is 10.6. The van der Waals surface area contributed by atoms with E-state index >= 15 is 0 Å². The van der Waals surface area contributed by atoms with Crippen LogP contribution in [-0.2, 0) is 0 Å². The molecule has 128 valence electrons. The van der Waals surface area contributed by atoms with Gasteiger partial charge in [0, 0.05) is 14.3 Å². The first-order valence-corrected chi connectivity index (χ1v) is 9.27. The van der Waals surface area contributed by atoms with E-state index in [0.29, 0.717) is 11.6 Å². The van der Waals surface area contributed by atoms with E-state index in [0.717, 1.165) is 31.1 Å². The van der Waals surface area contributed by atoms with Gasteiger partial charge in [-0.15, -0.1) is 0 Å². The molecule has 0 atom stereocenters. The summed E-state index contributed by atoms with van der Waals surface area (Å²) in [5.41, 5.74) is 5.50. The normalized spacial score (nSPS) is 12.6. The van der Waals surface area contributed by atoms with Crippen molar-refractivity contribution in [3.8, 4) is 11.4 Å². The monoisotopic (exact) mass is 472 g/mol. The van der Waals surface area contributed by atoms with Crippen LogP contribution in [0.3, 0.4) is 0 Å². The second-order valence-electron chi connectivity index (χ2n) is 5.77. The molecule has 2 heterocycles. The molecule has 7 nitrogen and oxygen atoms in total. The lowest BCUT2D eigenvalue weighted by Gasteiger charge is -2.32. The standard InChI is InChI=1S/C17H10Br2N6O/c18-10-7-12(19)15-13(8-10)24-17(20-22-23-24)25(21-15)16-11-4-2-1-3-9(11)5-6-14(16)26/h1-8,21,26H. The molecule has 0 amide bonds. The molecule has 1 aromatic heterocycles. The van der Waals surface area contributed by atoms with Gasteiger partial charge in [0.15, 0.2) is 0 Å². The molecule has 0 fully saturated rings. The van der Waals surface area contributed by atoms with Gasteiger partial charge in [0.25, 0.3) is 5.95 Å². The average molecular weight is 474 g/mol. The molecular weight excluding hydrogens is 464 g/mol. The lowest BCUT2D eigenvalue weighted by Crippen LogP contribution is -2.32. The highest BCUT2D eigenvalue weighted by atomic mass is 79.9. The highest BCUT2D eigenvalue weighted by Crippen LogP contribution is 2.44. The molecule has 1 aliphatic rings. The third-order valence-electron chi connectivity index (χ3n) is 4.24. The van der Waals surface area contributed by atoms with Crippen LogP contribution in [0.25, 0.3) is 16.5 Å². The number of rotatable bonds is 1. The van der Waals surface area contributed by atoms with Crippen molar-refractivity contribution >= 4 is 60.0 Å². The lowest BCUT2D eigenvalue weighted by molar-refractivity contribution is 0.476. The van der Waals surface area contributed by atoms with Gasteiger partial charge in [-0.1, -0.05) is 51.4 Å². The quantitative estimate of drug-likeness (QED) is 0.423. The van der Waals surface area contributed by atoms with Crippen molar-refractivity contribution in [2.75, 3.05) is 10.4 Å². The Morgan fingerprint density at radius 2 is 1.88 bits per heavy atom. The Morgan fingerprint density at radius 3 is 2.77 bits per heavy atom. The molecule has 3 aromatic carbocycles. The average Bonchev–Trinajstić information content (AvgIpc) is 3.12. The second kappa shape index (κ2) is 5.68. The fourth-order valence-electron chi connectivity index (χ4n) is 3.11. The number of hydrogen-bond acceptors (Lipinski definition) is 6. The van der Waals surface area contributed by atoms with Crippen molar-refractivity contribution in [2.45, 2.75) is 0 Å². The first-order chi connectivity index (χ1) is 12.6. The van der Waals surface area contributed by atoms with Crippen molar-refractivity contribution in [3.63, 3.8) is 0 Å². The second-order valence-corrected chi connectivity index (χ2v) is 7.54. The molecule has 0 saturated carbocycles. The zero-order valence-corrected chi connectivity index (χ0v) is 16.2. The molecule has 0 saturated heterocycles. The first-order valence-electron chi connectivity index (χ1n) is 7.69. The van der Waals surface area contributed by atoms with E-state index < -0.39 is 0 Å². The predicted molar refractivity (Wildman–Crippen MR) is 106 cm³/mol. The molecule has 1 aliphatic heterocycles. The fourth-order valence-corrected chi connectivity index (χ4v) is 4.40. The summed E-state index contributed by atoms with van der Waals surface area (Å²) in [6.07, 6.45) is 0. The number of fused-ring (bicyclic) bond motifs is 4. The number of phenolic OH excluding ortho intramolecular Hbond substituents is 1. The Balaban J connectivity index is 1.80. The summed E-state index contributed by atoms with van der Waals surface area (Å²) in [6, 6.07) is 15.2. The van der Waals surface area contributed by atoms with E-state index in [1.165, 1.54) is 0 Å². The molecule has 26 heavy (non-hydrogen) atoms. The van der Waals surface area contributed by atoms with Crippen LogP contribution < -0.4 is 10.4 Å². The van der Waals surface area contributed by atoms with Crippen molar-refractivity contribution in [1.82, 2.24) is 20.2 Å². The minimum absolute atomic E-state index is 0.127. The summed E-state index contributed by atoms with van der Waals surface area (Å²) in [5.74, 6) is 0.580. The number of aromatic hydroxyl groups is 1. The van der Waals surface area contributed by atoms with Crippen LogP contribution in [-0.4, -0.2) is 25.3 Å². The highest BCUT2D eigenvalue weighted by molar-refractivity contribution is 9.11. The number of benzene rings is 3. The van der Waals surface area contributed by atoms with Crippen molar-refractivity contribution < 1.29 is 5.11 Å². The molecule has 0 unspecified atom stereocenters. The molecule has 4 aromatic rings. The Kier molecular flexibility index (Phi) is 3.41. The van der Waals surface area contributed by atoms with Gasteiger partial charge in [-0.3, -0.25) is 5.43 Å². The SMILES string of the molecule is Oc1ccc2ccccc2c1N1Nc2c(Br)cc(Br)cc2-n2nnnc21. The Labute approximate surface area is 164 Å². The smallest absolute Gasteiger partial charge is 0.274 e. The number of aromatic nitrogens is 4. The van der Waals surface area contributed by atoms with Gasteiger partial charge in [0.1, 0.15) is 11.4 Å². The van der Waals surface area contributed by atoms with Gasteiger partial charge in [-0.05, 0) is 49.9 Å². The Bertz CT molecular complexity index is 1180. The summed E-state index contributed by atoms with van der Waals surface area (Å²) >= 11 is 7.07. The van der Waals surface area contributed by atoms with E-state index in [2.05, 4.69) is 52.8 Å². The molecule has 0 radical (unpaired) electrons. The number of halogens is 2. The van der Waals surface area contributed by atoms with E-state index in [1.54, 1.807) is 15.8 Å². The third kappa shape index (κ3) is 2.20. The van der Waals surface area contributed by atoms with Gasteiger partial charge in [-0.2, -0.15) is 4.68 Å². The van der Waals surface area contributed by atoms with Crippen molar-refractivity contribution in [3.05, 3.63) is 57.5 Å². The Morgan fingerprint density at radius 1 is 1.04 bits per heavy atom.